The maximum absolute atomic E-state index is 13.4. The van der Waals surface area contributed by atoms with Crippen LogP contribution in [0.15, 0.2) is 53.2 Å². The number of rotatable bonds is 5. The molecule has 3 N–H and O–H groups in total. The molecule has 10 heteroatoms. The Bertz CT molecular complexity index is 1560. The van der Waals surface area contributed by atoms with E-state index in [0.29, 0.717) is 35.4 Å². The summed E-state index contributed by atoms with van der Waals surface area (Å²) < 4.78 is 25.5. The summed E-state index contributed by atoms with van der Waals surface area (Å²) in [5.74, 6) is 1.29. The summed E-state index contributed by atoms with van der Waals surface area (Å²) in [5, 5.41) is 13.7. The van der Waals surface area contributed by atoms with Crippen molar-refractivity contribution < 1.29 is 13.5 Å². The molecular weight excluding hydrogens is 473 g/mol. The summed E-state index contributed by atoms with van der Waals surface area (Å²) in [5.41, 5.74) is 3.14. The standard InChI is InChI=1S/C27H28FN7O2/c1-26(2,3)24-34-35-25(37-24)27(14-36-4)22-17(16-7-5-6-8-18(16)31-22)11-20(33-27)23-30-13-21(32-23)19-10-9-15(28)12-29-19/h5-10,12-13,20,31,33H,11,14H2,1-4H3,(H,30,32)/t20-,27?/m1/s1. The Morgan fingerprint density at radius 2 is 1.92 bits per heavy atom. The minimum Gasteiger partial charge on any atom is -0.422 e. The Labute approximate surface area is 212 Å². The van der Waals surface area contributed by atoms with E-state index in [4.69, 9.17) is 9.15 Å². The number of ether oxygens (including phenoxy) is 1. The molecule has 37 heavy (non-hydrogen) atoms. The van der Waals surface area contributed by atoms with Gasteiger partial charge in [-0.05, 0) is 30.2 Å². The number of halogens is 1. The first-order chi connectivity index (χ1) is 17.8. The van der Waals surface area contributed by atoms with Crippen LogP contribution >= 0.6 is 0 Å². The molecule has 0 bridgehead atoms. The van der Waals surface area contributed by atoms with Gasteiger partial charge in [0.2, 0.25) is 11.8 Å². The number of benzene rings is 1. The highest BCUT2D eigenvalue weighted by atomic mass is 19.1. The number of methoxy groups -OCH3 is 1. The SMILES string of the molecule is COCC1(c2nnc(C(C)(C)C)o2)N[C@@H](c2ncc(-c3ccc(F)cn3)[nH]2)Cc2c1[nH]c1ccccc21. The smallest absolute Gasteiger partial charge is 0.245 e. The van der Waals surface area contributed by atoms with Crippen LogP contribution in [0.1, 0.15) is 55.7 Å². The predicted octanol–water partition coefficient (Wildman–Crippen LogP) is 4.55. The van der Waals surface area contributed by atoms with E-state index in [9.17, 15) is 4.39 Å². The van der Waals surface area contributed by atoms with Gasteiger partial charge in [0.25, 0.3) is 0 Å². The fourth-order valence-corrected chi connectivity index (χ4v) is 5.00. The Hall–Kier alpha value is -3.89. The minimum absolute atomic E-state index is 0.235. The first-order valence-corrected chi connectivity index (χ1v) is 12.2. The van der Waals surface area contributed by atoms with Crippen LogP contribution in [0.2, 0.25) is 0 Å². The molecule has 190 valence electrons. The van der Waals surface area contributed by atoms with Crippen LogP contribution in [0.3, 0.4) is 0 Å². The van der Waals surface area contributed by atoms with Gasteiger partial charge in [-0.3, -0.25) is 10.3 Å². The van der Waals surface area contributed by atoms with Gasteiger partial charge < -0.3 is 19.1 Å². The third-order valence-corrected chi connectivity index (χ3v) is 6.79. The number of hydrogen-bond donors (Lipinski definition) is 3. The van der Waals surface area contributed by atoms with Gasteiger partial charge in [-0.1, -0.05) is 39.0 Å². The fourth-order valence-electron chi connectivity index (χ4n) is 5.00. The topological polar surface area (TPSA) is 118 Å². The lowest BCUT2D eigenvalue weighted by atomic mass is 9.83. The largest absolute Gasteiger partial charge is 0.422 e. The highest BCUT2D eigenvalue weighted by Crippen LogP contribution is 2.43. The van der Waals surface area contributed by atoms with Crippen LogP contribution in [0.4, 0.5) is 4.39 Å². The van der Waals surface area contributed by atoms with Crippen molar-refractivity contribution in [2.24, 2.45) is 0 Å². The van der Waals surface area contributed by atoms with Crippen LogP contribution in [0, 0.1) is 5.82 Å². The van der Waals surface area contributed by atoms with E-state index >= 15 is 0 Å². The molecule has 0 amide bonds. The van der Waals surface area contributed by atoms with Gasteiger partial charge in [-0.2, -0.15) is 0 Å². The lowest BCUT2D eigenvalue weighted by molar-refractivity contribution is 0.0929. The molecule has 5 heterocycles. The maximum Gasteiger partial charge on any atom is 0.245 e. The Morgan fingerprint density at radius 3 is 2.65 bits per heavy atom. The lowest BCUT2D eigenvalue weighted by Gasteiger charge is -2.38. The summed E-state index contributed by atoms with van der Waals surface area (Å²) in [7, 11) is 1.65. The number of nitrogens with zero attached hydrogens (tertiary/aromatic N) is 4. The molecule has 0 saturated heterocycles. The van der Waals surface area contributed by atoms with Crippen molar-refractivity contribution >= 4 is 10.9 Å². The quantitative estimate of drug-likeness (QED) is 0.323. The molecule has 1 aliphatic rings. The number of nitrogens with one attached hydrogen (secondary N) is 3. The van der Waals surface area contributed by atoms with Crippen LogP contribution in [-0.4, -0.2) is 43.8 Å². The zero-order chi connectivity index (χ0) is 25.8. The number of hydrogen-bond acceptors (Lipinski definition) is 7. The summed E-state index contributed by atoms with van der Waals surface area (Å²) in [4.78, 5) is 15.8. The molecule has 1 unspecified atom stereocenters. The van der Waals surface area contributed by atoms with Crippen molar-refractivity contribution in [2.45, 2.75) is 44.2 Å². The van der Waals surface area contributed by atoms with Crippen LogP contribution in [-0.2, 0) is 22.1 Å². The molecule has 0 fully saturated rings. The molecule has 0 aliphatic carbocycles. The average molecular weight is 502 g/mol. The zero-order valence-electron chi connectivity index (χ0n) is 21.1. The summed E-state index contributed by atoms with van der Waals surface area (Å²) in [6.07, 6.45) is 3.57. The van der Waals surface area contributed by atoms with E-state index in [-0.39, 0.29) is 23.9 Å². The Balaban J connectivity index is 1.50. The van der Waals surface area contributed by atoms with Crippen LogP contribution in [0.5, 0.6) is 0 Å². The number of imidazole rings is 1. The van der Waals surface area contributed by atoms with E-state index in [2.05, 4.69) is 47.6 Å². The maximum atomic E-state index is 13.4. The van der Waals surface area contributed by atoms with E-state index in [1.165, 1.54) is 12.3 Å². The first kappa shape index (κ1) is 23.5. The van der Waals surface area contributed by atoms with Crippen LogP contribution < -0.4 is 5.32 Å². The van der Waals surface area contributed by atoms with Crippen molar-refractivity contribution in [1.29, 1.82) is 0 Å². The first-order valence-electron chi connectivity index (χ1n) is 12.2. The number of fused-ring (bicyclic) bond motifs is 3. The van der Waals surface area contributed by atoms with E-state index in [0.717, 1.165) is 22.2 Å². The Morgan fingerprint density at radius 1 is 1.08 bits per heavy atom. The van der Waals surface area contributed by atoms with E-state index in [1.54, 1.807) is 19.4 Å². The van der Waals surface area contributed by atoms with Crippen LogP contribution in [0.25, 0.3) is 22.3 Å². The molecule has 6 rings (SSSR count). The second kappa shape index (κ2) is 8.60. The van der Waals surface area contributed by atoms with Gasteiger partial charge in [0.05, 0.1) is 42.1 Å². The molecule has 9 nitrogen and oxygen atoms in total. The van der Waals surface area contributed by atoms with Crippen molar-refractivity contribution in [3.8, 4) is 11.4 Å². The van der Waals surface area contributed by atoms with Crippen molar-refractivity contribution in [1.82, 2.24) is 35.5 Å². The van der Waals surface area contributed by atoms with Crippen molar-refractivity contribution in [3.63, 3.8) is 0 Å². The second-order valence-corrected chi connectivity index (χ2v) is 10.5. The van der Waals surface area contributed by atoms with Gasteiger partial charge in [0, 0.05) is 23.4 Å². The van der Waals surface area contributed by atoms with Gasteiger partial charge in [0.15, 0.2) is 5.54 Å². The molecule has 5 aromatic rings. The van der Waals surface area contributed by atoms with Gasteiger partial charge in [-0.15, -0.1) is 10.2 Å². The zero-order valence-corrected chi connectivity index (χ0v) is 21.1. The molecule has 0 saturated carbocycles. The highest BCUT2D eigenvalue weighted by Gasteiger charge is 2.49. The number of H-pyrrole nitrogens is 2. The third-order valence-electron chi connectivity index (χ3n) is 6.79. The summed E-state index contributed by atoms with van der Waals surface area (Å²) in [6, 6.07) is 11.0. The fraction of sp³-hybridized carbons (Fsp3) is 0.333. The number of pyridine rings is 1. The third kappa shape index (κ3) is 3.93. The van der Waals surface area contributed by atoms with E-state index in [1.807, 2.05) is 32.9 Å². The van der Waals surface area contributed by atoms with Crippen molar-refractivity contribution in [2.75, 3.05) is 13.7 Å². The van der Waals surface area contributed by atoms with Gasteiger partial charge in [-0.25, -0.2) is 9.37 Å². The summed E-state index contributed by atoms with van der Waals surface area (Å²) in [6.45, 7) is 6.36. The number of para-hydroxylation sites is 1. The molecule has 1 aromatic carbocycles. The molecule has 1 aliphatic heterocycles. The molecular formula is C27H28FN7O2. The lowest BCUT2D eigenvalue weighted by Crippen LogP contribution is -2.53. The van der Waals surface area contributed by atoms with E-state index < -0.39 is 5.54 Å². The monoisotopic (exact) mass is 501 g/mol. The summed E-state index contributed by atoms with van der Waals surface area (Å²) >= 11 is 0. The number of aromatic nitrogens is 6. The second-order valence-electron chi connectivity index (χ2n) is 10.5. The molecule has 2 atom stereocenters. The number of aromatic amines is 2. The molecule has 0 radical (unpaired) electrons. The van der Waals surface area contributed by atoms with Gasteiger partial charge >= 0.3 is 0 Å². The van der Waals surface area contributed by atoms with Crippen molar-refractivity contribution in [3.05, 3.63) is 83.5 Å². The average Bonchev–Trinajstić information content (AvgIpc) is 3.63. The van der Waals surface area contributed by atoms with Gasteiger partial charge in [0.1, 0.15) is 11.6 Å². The normalized spacial score (nSPS) is 19.9. The highest BCUT2D eigenvalue weighted by molar-refractivity contribution is 5.85. The molecule has 4 aromatic heterocycles. The molecule has 0 spiro atoms. The Kier molecular flexibility index (Phi) is 5.46. The predicted molar refractivity (Wildman–Crippen MR) is 135 cm³/mol. The minimum atomic E-state index is -0.941.